The molecule has 118 valence electrons. The summed E-state index contributed by atoms with van der Waals surface area (Å²) in [6, 6.07) is 7.50. The highest BCUT2D eigenvalue weighted by atomic mass is 16.5. The van der Waals surface area contributed by atoms with Crippen LogP contribution in [0, 0.1) is 11.8 Å². The van der Waals surface area contributed by atoms with Crippen LogP contribution in [0.5, 0.6) is 5.75 Å². The van der Waals surface area contributed by atoms with Crippen LogP contribution in [0.2, 0.25) is 0 Å². The second kappa shape index (κ2) is 9.59. The van der Waals surface area contributed by atoms with Crippen molar-refractivity contribution in [1.82, 2.24) is 0 Å². The molecule has 1 unspecified atom stereocenters. The molecule has 0 saturated heterocycles. The quantitative estimate of drug-likeness (QED) is 0.531. The molecule has 0 aliphatic rings. The van der Waals surface area contributed by atoms with Crippen molar-refractivity contribution >= 4 is 5.78 Å². The first kappa shape index (κ1) is 17.7. The molecule has 0 spiro atoms. The Morgan fingerprint density at radius 2 is 1.71 bits per heavy atom. The number of rotatable bonds is 10. The Bertz CT molecular complexity index is 406. The Kier molecular flexibility index (Phi) is 8.11. The molecule has 0 amide bonds. The normalized spacial score (nSPS) is 12.4. The summed E-state index contributed by atoms with van der Waals surface area (Å²) in [5, 5.41) is 0. The summed E-state index contributed by atoms with van der Waals surface area (Å²) in [6.07, 6.45) is 5.55. The van der Waals surface area contributed by atoms with Gasteiger partial charge in [0.2, 0.25) is 0 Å². The molecule has 0 heterocycles. The zero-order chi connectivity index (χ0) is 15.7. The Balaban J connectivity index is 2.24. The second-order valence-corrected chi connectivity index (χ2v) is 6.37. The van der Waals surface area contributed by atoms with E-state index in [9.17, 15) is 4.79 Å². The van der Waals surface area contributed by atoms with Gasteiger partial charge < -0.3 is 4.74 Å². The van der Waals surface area contributed by atoms with Crippen LogP contribution in [-0.4, -0.2) is 12.4 Å². The van der Waals surface area contributed by atoms with E-state index in [1.165, 1.54) is 19.3 Å². The molecule has 0 aliphatic heterocycles. The summed E-state index contributed by atoms with van der Waals surface area (Å²) < 4.78 is 5.76. The molecule has 0 bridgehead atoms. The Morgan fingerprint density at radius 3 is 2.29 bits per heavy atom. The third kappa shape index (κ3) is 7.31. The summed E-state index contributed by atoms with van der Waals surface area (Å²) >= 11 is 0. The van der Waals surface area contributed by atoms with Crippen LogP contribution in [0.3, 0.4) is 0 Å². The monoisotopic (exact) mass is 290 g/mol. The third-order valence-electron chi connectivity index (χ3n) is 3.86. The van der Waals surface area contributed by atoms with Crippen molar-refractivity contribution in [3.63, 3.8) is 0 Å². The van der Waals surface area contributed by atoms with Crippen molar-refractivity contribution in [2.45, 2.75) is 59.8 Å². The van der Waals surface area contributed by atoms with Gasteiger partial charge in [0.25, 0.3) is 0 Å². The van der Waals surface area contributed by atoms with Crippen LogP contribution in [0.1, 0.15) is 70.2 Å². The van der Waals surface area contributed by atoms with Gasteiger partial charge in [0.05, 0.1) is 6.61 Å². The van der Waals surface area contributed by atoms with Gasteiger partial charge >= 0.3 is 0 Å². The van der Waals surface area contributed by atoms with Crippen LogP contribution in [0.15, 0.2) is 24.3 Å². The topological polar surface area (TPSA) is 26.3 Å². The van der Waals surface area contributed by atoms with E-state index in [1.54, 1.807) is 0 Å². The van der Waals surface area contributed by atoms with Crippen molar-refractivity contribution in [3.8, 4) is 5.75 Å². The molecule has 0 aromatic heterocycles. The fraction of sp³-hybridized carbons (Fsp3) is 0.632. The molecule has 1 atom stereocenters. The average molecular weight is 290 g/mol. The number of hydrogen-bond donors (Lipinski definition) is 0. The lowest BCUT2D eigenvalue weighted by molar-refractivity contribution is 0.0988. The number of ether oxygens (including phenoxy) is 1. The molecule has 1 aromatic rings. The molecule has 0 fully saturated rings. The maximum atomic E-state index is 11.5. The Hall–Kier alpha value is -1.31. The zero-order valence-corrected chi connectivity index (χ0v) is 14.0. The first-order valence-corrected chi connectivity index (χ1v) is 8.29. The molecule has 1 rings (SSSR count). The van der Waals surface area contributed by atoms with Crippen molar-refractivity contribution in [1.29, 1.82) is 0 Å². The number of carbonyl (C=O) groups excluding carboxylic acids is 1. The lowest BCUT2D eigenvalue weighted by Crippen LogP contribution is -2.05. The molecule has 2 nitrogen and oxygen atoms in total. The van der Waals surface area contributed by atoms with Gasteiger partial charge in [0, 0.05) is 12.0 Å². The first-order valence-electron chi connectivity index (χ1n) is 8.29. The number of carbonyl (C=O) groups is 1. The fourth-order valence-electron chi connectivity index (χ4n) is 2.34. The van der Waals surface area contributed by atoms with E-state index in [2.05, 4.69) is 20.8 Å². The average Bonchev–Trinajstić information content (AvgIpc) is 2.46. The van der Waals surface area contributed by atoms with E-state index in [-0.39, 0.29) is 5.78 Å². The van der Waals surface area contributed by atoms with Gasteiger partial charge in [0.1, 0.15) is 5.75 Å². The van der Waals surface area contributed by atoms with Gasteiger partial charge in [0.15, 0.2) is 5.78 Å². The van der Waals surface area contributed by atoms with Crippen LogP contribution >= 0.6 is 0 Å². The molecule has 21 heavy (non-hydrogen) atoms. The lowest BCUT2D eigenvalue weighted by Gasteiger charge is -2.13. The first-order chi connectivity index (χ1) is 10.0. The van der Waals surface area contributed by atoms with Crippen LogP contribution < -0.4 is 4.74 Å². The highest BCUT2D eigenvalue weighted by molar-refractivity contribution is 5.95. The van der Waals surface area contributed by atoms with Crippen molar-refractivity contribution in [3.05, 3.63) is 29.8 Å². The molecule has 0 radical (unpaired) electrons. The predicted octanol–water partition coefficient (Wildman–Crippen LogP) is 5.51. The van der Waals surface area contributed by atoms with E-state index in [1.807, 2.05) is 31.2 Å². The van der Waals surface area contributed by atoms with Gasteiger partial charge in [-0.3, -0.25) is 4.79 Å². The molecule has 0 saturated carbocycles. The molecular formula is C19H30O2. The van der Waals surface area contributed by atoms with Gasteiger partial charge in [-0.15, -0.1) is 0 Å². The fourth-order valence-corrected chi connectivity index (χ4v) is 2.34. The van der Waals surface area contributed by atoms with Gasteiger partial charge in [-0.1, -0.05) is 47.0 Å². The Labute approximate surface area is 129 Å². The largest absolute Gasteiger partial charge is 0.494 e. The predicted molar refractivity (Wildman–Crippen MR) is 89.0 cm³/mol. The molecule has 0 aliphatic carbocycles. The van der Waals surface area contributed by atoms with Gasteiger partial charge in [-0.25, -0.2) is 0 Å². The van der Waals surface area contributed by atoms with E-state index in [4.69, 9.17) is 4.74 Å². The summed E-state index contributed by atoms with van der Waals surface area (Å²) in [7, 11) is 0. The maximum Gasteiger partial charge on any atom is 0.162 e. The van der Waals surface area contributed by atoms with Crippen LogP contribution in [0.25, 0.3) is 0 Å². The van der Waals surface area contributed by atoms with Crippen molar-refractivity contribution in [2.75, 3.05) is 6.61 Å². The lowest BCUT2D eigenvalue weighted by atomic mass is 9.98. The molecular weight excluding hydrogens is 260 g/mol. The number of benzene rings is 1. The number of hydrogen-bond acceptors (Lipinski definition) is 2. The number of Topliss-reactive ketones (excluding diaryl/α,β-unsaturated/α-hetero) is 1. The van der Waals surface area contributed by atoms with E-state index in [0.717, 1.165) is 30.3 Å². The second-order valence-electron chi connectivity index (χ2n) is 6.37. The SMILES string of the molecule is CCC(=O)c1ccc(OCCC(C)CCCC(C)C)cc1. The van der Waals surface area contributed by atoms with E-state index >= 15 is 0 Å². The van der Waals surface area contributed by atoms with E-state index < -0.39 is 0 Å². The van der Waals surface area contributed by atoms with Gasteiger partial charge in [-0.05, 0) is 42.5 Å². The number of ketones is 1. The molecule has 2 heteroatoms. The molecule has 0 N–H and O–H groups in total. The summed E-state index contributed by atoms with van der Waals surface area (Å²) in [5.74, 6) is 2.56. The van der Waals surface area contributed by atoms with Crippen molar-refractivity contribution in [2.24, 2.45) is 11.8 Å². The third-order valence-corrected chi connectivity index (χ3v) is 3.86. The van der Waals surface area contributed by atoms with E-state index in [0.29, 0.717) is 12.3 Å². The summed E-state index contributed by atoms with van der Waals surface area (Å²) in [5.41, 5.74) is 0.770. The van der Waals surface area contributed by atoms with Crippen LogP contribution in [0.4, 0.5) is 0 Å². The Morgan fingerprint density at radius 1 is 1.05 bits per heavy atom. The summed E-state index contributed by atoms with van der Waals surface area (Å²) in [6.45, 7) is 9.49. The van der Waals surface area contributed by atoms with Gasteiger partial charge in [-0.2, -0.15) is 0 Å². The summed E-state index contributed by atoms with van der Waals surface area (Å²) in [4.78, 5) is 11.5. The smallest absolute Gasteiger partial charge is 0.162 e. The zero-order valence-electron chi connectivity index (χ0n) is 14.0. The minimum absolute atomic E-state index is 0.181. The minimum atomic E-state index is 0.181. The highest BCUT2D eigenvalue weighted by Gasteiger charge is 2.05. The maximum absolute atomic E-state index is 11.5. The highest BCUT2D eigenvalue weighted by Crippen LogP contribution is 2.17. The standard InChI is InChI=1S/C19H30O2/c1-5-19(20)17-9-11-18(12-10-17)21-14-13-16(4)8-6-7-15(2)3/h9-12,15-16H,5-8,13-14H2,1-4H3. The van der Waals surface area contributed by atoms with Crippen LogP contribution in [-0.2, 0) is 0 Å². The van der Waals surface area contributed by atoms with Crippen molar-refractivity contribution < 1.29 is 9.53 Å². The molecule has 1 aromatic carbocycles. The minimum Gasteiger partial charge on any atom is -0.494 e.